The molecule has 0 saturated heterocycles. The number of aryl methyl sites for hydroxylation is 2. The summed E-state index contributed by atoms with van der Waals surface area (Å²) in [6, 6.07) is 6.85. The molecule has 2 N–H and O–H groups in total. The van der Waals surface area contributed by atoms with E-state index in [0.717, 1.165) is 28.0 Å². The number of carbonyl (C=O) groups is 1. The van der Waals surface area contributed by atoms with Gasteiger partial charge in [-0.3, -0.25) is 4.68 Å². The van der Waals surface area contributed by atoms with Crippen LogP contribution in [-0.4, -0.2) is 41.1 Å². The van der Waals surface area contributed by atoms with E-state index in [9.17, 15) is 13.2 Å². The van der Waals surface area contributed by atoms with Gasteiger partial charge in [0, 0.05) is 35.8 Å². The number of halogens is 1. The van der Waals surface area contributed by atoms with E-state index in [1.54, 1.807) is 4.68 Å². The van der Waals surface area contributed by atoms with E-state index in [-0.39, 0.29) is 18.1 Å². The first-order valence-electron chi connectivity index (χ1n) is 9.65. The molecule has 0 spiro atoms. The van der Waals surface area contributed by atoms with Crippen LogP contribution in [0.25, 0.3) is 16.7 Å². The molecule has 3 aromatic rings. The van der Waals surface area contributed by atoms with Crippen molar-refractivity contribution in [3.05, 3.63) is 46.7 Å². The number of hydrogen-bond acceptors (Lipinski definition) is 4. The molecule has 2 aromatic heterocycles. The predicted molar refractivity (Wildman–Crippen MR) is 119 cm³/mol. The van der Waals surface area contributed by atoms with E-state index < -0.39 is 16.1 Å². The van der Waals surface area contributed by atoms with E-state index in [1.807, 2.05) is 62.8 Å². The fourth-order valence-corrected chi connectivity index (χ4v) is 4.45. The number of amides is 2. The Morgan fingerprint density at radius 2 is 2.00 bits per heavy atom. The average molecular weight is 452 g/mol. The minimum atomic E-state index is -3.79. The Morgan fingerprint density at radius 3 is 2.70 bits per heavy atom. The molecule has 30 heavy (non-hydrogen) atoms. The summed E-state index contributed by atoms with van der Waals surface area (Å²) in [5.74, 6) is 0.779. The number of rotatable bonds is 7. The molecule has 8 nitrogen and oxygen atoms in total. The number of nitrogens with zero attached hydrogens (tertiary/aromatic N) is 3. The molecule has 0 unspecified atom stereocenters. The molecule has 162 valence electrons. The molecule has 0 aliphatic rings. The molecule has 2 amide bonds. The summed E-state index contributed by atoms with van der Waals surface area (Å²) < 4.78 is 30.6. The first-order chi connectivity index (χ1) is 14.1. The topological polar surface area (TPSA) is 98.0 Å². The van der Waals surface area contributed by atoms with Crippen LogP contribution < -0.4 is 10.0 Å². The first-order valence-corrected chi connectivity index (χ1v) is 11.7. The minimum Gasteiger partial charge on any atom is -0.337 e. The standard InChI is InChI=1S/C20H26ClN5O3S/c1-13(2)12-22-20(27)24-30(28,29)10-8-17-14(3)23-25(4)19(17)26-9-7-15-11-16(21)5-6-18(15)26/h5-7,9,11,13H,8,10,12H2,1-4H3,(H2,22,24,27). The number of nitrogens with one attached hydrogen (secondary N) is 2. The molecule has 2 heterocycles. The van der Waals surface area contributed by atoms with Crippen LogP contribution in [0.2, 0.25) is 5.02 Å². The van der Waals surface area contributed by atoms with Gasteiger partial charge in [-0.2, -0.15) is 5.10 Å². The molecular formula is C20H26ClN5O3S. The van der Waals surface area contributed by atoms with Gasteiger partial charge in [-0.15, -0.1) is 0 Å². The second-order valence-electron chi connectivity index (χ2n) is 7.67. The summed E-state index contributed by atoms with van der Waals surface area (Å²) in [7, 11) is -1.97. The maximum Gasteiger partial charge on any atom is 0.328 e. The van der Waals surface area contributed by atoms with Gasteiger partial charge in [0.2, 0.25) is 10.0 Å². The van der Waals surface area contributed by atoms with Crippen molar-refractivity contribution in [1.29, 1.82) is 0 Å². The van der Waals surface area contributed by atoms with Crippen molar-refractivity contribution in [1.82, 2.24) is 24.4 Å². The van der Waals surface area contributed by atoms with Gasteiger partial charge in [0.05, 0.1) is 17.0 Å². The molecule has 0 aliphatic carbocycles. The van der Waals surface area contributed by atoms with Crippen molar-refractivity contribution in [2.75, 3.05) is 12.3 Å². The fraction of sp³-hybridized carbons (Fsp3) is 0.400. The third-order valence-corrected chi connectivity index (χ3v) is 6.21. The highest BCUT2D eigenvalue weighted by atomic mass is 35.5. The van der Waals surface area contributed by atoms with Crippen molar-refractivity contribution in [3.8, 4) is 5.82 Å². The second-order valence-corrected chi connectivity index (χ2v) is 9.95. The zero-order chi connectivity index (χ0) is 22.1. The Kier molecular flexibility index (Phi) is 6.42. The van der Waals surface area contributed by atoms with E-state index in [2.05, 4.69) is 15.1 Å². The lowest BCUT2D eigenvalue weighted by molar-refractivity contribution is 0.244. The summed E-state index contributed by atoms with van der Waals surface area (Å²) in [6.07, 6.45) is 2.13. The Morgan fingerprint density at radius 1 is 1.27 bits per heavy atom. The van der Waals surface area contributed by atoms with Gasteiger partial charge in [-0.25, -0.2) is 17.9 Å². The predicted octanol–water partition coefficient (Wildman–Crippen LogP) is 3.15. The highest BCUT2D eigenvalue weighted by Gasteiger charge is 2.21. The third kappa shape index (κ3) is 4.96. The molecule has 0 aliphatic heterocycles. The lowest BCUT2D eigenvalue weighted by Crippen LogP contribution is -2.42. The Labute approximate surface area is 181 Å². The molecule has 3 rings (SSSR count). The van der Waals surface area contributed by atoms with Gasteiger partial charge in [0.1, 0.15) is 5.82 Å². The van der Waals surface area contributed by atoms with E-state index in [4.69, 9.17) is 11.6 Å². The largest absolute Gasteiger partial charge is 0.337 e. The average Bonchev–Trinajstić information content (AvgIpc) is 3.17. The lowest BCUT2D eigenvalue weighted by Gasteiger charge is -2.12. The van der Waals surface area contributed by atoms with Crippen LogP contribution in [-0.2, 0) is 23.5 Å². The summed E-state index contributed by atoms with van der Waals surface area (Å²) in [4.78, 5) is 11.8. The van der Waals surface area contributed by atoms with E-state index >= 15 is 0 Å². The lowest BCUT2D eigenvalue weighted by atomic mass is 10.2. The summed E-state index contributed by atoms with van der Waals surface area (Å²) in [5, 5.41) is 8.65. The van der Waals surface area contributed by atoms with Crippen molar-refractivity contribution in [2.45, 2.75) is 27.2 Å². The van der Waals surface area contributed by atoms with Gasteiger partial charge >= 0.3 is 6.03 Å². The third-order valence-electron chi connectivity index (χ3n) is 4.73. The number of carbonyl (C=O) groups excluding carboxylic acids is 1. The summed E-state index contributed by atoms with van der Waals surface area (Å²) >= 11 is 6.09. The number of urea groups is 1. The van der Waals surface area contributed by atoms with Gasteiger partial charge in [-0.05, 0) is 43.5 Å². The highest BCUT2D eigenvalue weighted by molar-refractivity contribution is 7.90. The number of benzene rings is 1. The normalized spacial score (nSPS) is 11.9. The number of sulfonamides is 1. The molecule has 10 heteroatoms. The number of fused-ring (bicyclic) bond motifs is 1. The maximum absolute atomic E-state index is 12.4. The van der Waals surface area contributed by atoms with Crippen LogP contribution in [0.4, 0.5) is 4.79 Å². The molecule has 0 bridgehead atoms. The van der Waals surface area contributed by atoms with Crippen molar-refractivity contribution >= 4 is 38.6 Å². The van der Waals surface area contributed by atoms with Crippen molar-refractivity contribution < 1.29 is 13.2 Å². The zero-order valence-electron chi connectivity index (χ0n) is 17.4. The van der Waals surface area contributed by atoms with Gasteiger partial charge in [0.25, 0.3) is 0 Å². The molecular weight excluding hydrogens is 426 g/mol. The smallest absolute Gasteiger partial charge is 0.328 e. The molecule has 0 atom stereocenters. The van der Waals surface area contributed by atoms with E-state index in [1.165, 1.54) is 0 Å². The first kappa shape index (κ1) is 22.2. The van der Waals surface area contributed by atoms with Crippen molar-refractivity contribution in [3.63, 3.8) is 0 Å². The maximum atomic E-state index is 12.4. The molecule has 0 saturated carbocycles. The van der Waals surface area contributed by atoms with E-state index in [0.29, 0.717) is 11.6 Å². The van der Waals surface area contributed by atoms with Crippen LogP contribution in [0.5, 0.6) is 0 Å². The Balaban J connectivity index is 1.83. The molecule has 1 aromatic carbocycles. The second kappa shape index (κ2) is 8.69. The van der Waals surface area contributed by atoms with Crippen LogP contribution in [0, 0.1) is 12.8 Å². The summed E-state index contributed by atoms with van der Waals surface area (Å²) in [5.41, 5.74) is 2.48. The SMILES string of the molecule is Cc1nn(C)c(-n2ccc3cc(Cl)ccc32)c1CCS(=O)(=O)NC(=O)NCC(C)C. The molecule has 0 fully saturated rings. The van der Waals surface area contributed by atoms with Crippen LogP contribution in [0.1, 0.15) is 25.1 Å². The monoisotopic (exact) mass is 451 g/mol. The van der Waals surface area contributed by atoms with Crippen LogP contribution >= 0.6 is 11.6 Å². The van der Waals surface area contributed by atoms with Crippen LogP contribution in [0.15, 0.2) is 30.5 Å². The van der Waals surface area contributed by atoms with Gasteiger partial charge in [0.15, 0.2) is 0 Å². The molecule has 0 radical (unpaired) electrons. The Hall–Kier alpha value is -2.52. The quantitative estimate of drug-likeness (QED) is 0.576. The zero-order valence-corrected chi connectivity index (χ0v) is 19.0. The van der Waals surface area contributed by atoms with Crippen LogP contribution in [0.3, 0.4) is 0 Å². The fourth-order valence-electron chi connectivity index (χ4n) is 3.34. The van der Waals surface area contributed by atoms with Crippen molar-refractivity contribution in [2.24, 2.45) is 13.0 Å². The highest BCUT2D eigenvalue weighted by Crippen LogP contribution is 2.27. The Bertz CT molecular complexity index is 1180. The van der Waals surface area contributed by atoms with Gasteiger partial charge < -0.3 is 9.88 Å². The minimum absolute atomic E-state index is 0.217. The summed E-state index contributed by atoms with van der Waals surface area (Å²) in [6.45, 7) is 6.11. The number of aromatic nitrogens is 3. The number of hydrogen-bond donors (Lipinski definition) is 2. The van der Waals surface area contributed by atoms with Gasteiger partial charge in [-0.1, -0.05) is 25.4 Å².